The molecule has 6 heteroatoms. The largest absolute Gasteiger partial charge is 0.481 e. The zero-order valence-corrected chi connectivity index (χ0v) is 14.8. The molecule has 1 amide bonds. The van der Waals surface area contributed by atoms with Gasteiger partial charge in [-0.3, -0.25) is 9.69 Å². The van der Waals surface area contributed by atoms with Gasteiger partial charge in [-0.15, -0.1) is 0 Å². The van der Waals surface area contributed by atoms with E-state index in [2.05, 4.69) is 14.9 Å². The molecule has 0 aliphatic carbocycles. The Morgan fingerprint density at radius 3 is 2.73 bits per heavy atom. The van der Waals surface area contributed by atoms with E-state index in [9.17, 15) is 4.79 Å². The molecule has 0 spiro atoms. The Hall–Kier alpha value is -2.86. The van der Waals surface area contributed by atoms with Gasteiger partial charge in [-0.1, -0.05) is 18.2 Å². The summed E-state index contributed by atoms with van der Waals surface area (Å²) >= 11 is 0. The molecule has 1 fully saturated rings. The Kier molecular flexibility index (Phi) is 4.58. The molecule has 6 nitrogen and oxygen atoms in total. The molecule has 3 heterocycles. The number of ether oxygens (including phenoxy) is 1. The van der Waals surface area contributed by atoms with Crippen LogP contribution in [0.3, 0.4) is 0 Å². The van der Waals surface area contributed by atoms with Crippen molar-refractivity contribution in [2.75, 3.05) is 33.3 Å². The van der Waals surface area contributed by atoms with Gasteiger partial charge in [-0.2, -0.15) is 0 Å². The van der Waals surface area contributed by atoms with E-state index in [1.54, 1.807) is 13.3 Å². The maximum atomic E-state index is 12.8. The molecule has 0 saturated carbocycles. The number of piperazine rings is 1. The lowest BCUT2D eigenvalue weighted by atomic mass is 10.2. The van der Waals surface area contributed by atoms with Gasteiger partial charge in [0.25, 0.3) is 5.91 Å². The number of fused-ring (bicyclic) bond motifs is 1. The third-order valence-corrected chi connectivity index (χ3v) is 4.83. The van der Waals surface area contributed by atoms with Crippen LogP contribution in [0.2, 0.25) is 0 Å². The predicted molar refractivity (Wildman–Crippen MR) is 100 cm³/mol. The molecule has 0 radical (unpaired) electrons. The summed E-state index contributed by atoms with van der Waals surface area (Å²) in [5.74, 6) is 0.710. The zero-order chi connectivity index (χ0) is 17.9. The number of benzene rings is 1. The van der Waals surface area contributed by atoms with Crippen molar-refractivity contribution in [3.05, 3.63) is 59.9 Å². The number of methoxy groups -OCH3 is 1. The molecule has 1 N–H and O–H groups in total. The average molecular weight is 350 g/mol. The number of nitrogens with one attached hydrogen (secondary N) is 1. The van der Waals surface area contributed by atoms with Crippen LogP contribution in [0.4, 0.5) is 0 Å². The van der Waals surface area contributed by atoms with E-state index in [4.69, 9.17) is 4.74 Å². The van der Waals surface area contributed by atoms with Crippen LogP contribution in [0.1, 0.15) is 16.1 Å². The Morgan fingerprint density at radius 1 is 1.15 bits per heavy atom. The van der Waals surface area contributed by atoms with E-state index in [0.717, 1.165) is 43.6 Å². The summed E-state index contributed by atoms with van der Waals surface area (Å²) in [5.41, 5.74) is 2.84. The number of hydrogen-bond donors (Lipinski definition) is 1. The highest BCUT2D eigenvalue weighted by Gasteiger charge is 2.23. The third-order valence-electron chi connectivity index (χ3n) is 4.83. The van der Waals surface area contributed by atoms with Crippen molar-refractivity contribution >= 4 is 16.8 Å². The normalized spacial score (nSPS) is 15.3. The van der Waals surface area contributed by atoms with Crippen molar-refractivity contribution in [2.24, 2.45) is 0 Å². The lowest BCUT2D eigenvalue weighted by molar-refractivity contribution is 0.0623. The van der Waals surface area contributed by atoms with Crippen molar-refractivity contribution in [3.8, 4) is 5.88 Å². The summed E-state index contributed by atoms with van der Waals surface area (Å²) in [4.78, 5) is 24.4. The molecule has 2 aromatic heterocycles. The molecule has 0 atom stereocenters. The number of pyridine rings is 1. The first-order valence-corrected chi connectivity index (χ1v) is 8.81. The fourth-order valence-electron chi connectivity index (χ4n) is 3.39. The summed E-state index contributed by atoms with van der Waals surface area (Å²) in [6, 6.07) is 13.9. The number of nitrogens with zero attached hydrogens (tertiary/aromatic N) is 3. The fraction of sp³-hybridized carbons (Fsp3) is 0.300. The number of aromatic nitrogens is 2. The van der Waals surface area contributed by atoms with E-state index >= 15 is 0 Å². The summed E-state index contributed by atoms with van der Waals surface area (Å²) in [6.45, 7) is 4.02. The highest BCUT2D eigenvalue weighted by atomic mass is 16.5. The molecule has 0 bridgehead atoms. The Balaban J connectivity index is 1.37. The number of amides is 1. The molecule has 1 aliphatic rings. The summed E-state index contributed by atoms with van der Waals surface area (Å²) in [5, 5.41) is 1.07. The van der Waals surface area contributed by atoms with Crippen LogP contribution in [0, 0.1) is 0 Å². The molecule has 1 aliphatic heterocycles. The van der Waals surface area contributed by atoms with Gasteiger partial charge in [-0.25, -0.2) is 4.98 Å². The van der Waals surface area contributed by atoms with E-state index in [1.807, 2.05) is 47.4 Å². The van der Waals surface area contributed by atoms with Crippen LogP contribution in [-0.4, -0.2) is 59.0 Å². The minimum atomic E-state index is 0.0754. The first-order chi connectivity index (χ1) is 12.7. The summed E-state index contributed by atoms with van der Waals surface area (Å²) < 4.78 is 5.18. The molecule has 1 saturated heterocycles. The van der Waals surface area contributed by atoms with Crippen LogP contribution >= 0.6 is 0 Å². The molecule has 0 unspecified atom stereocenters. The number of aromatic amines is 1. The molecule has 3 aromatic rings. The van der Waals surface area contributed by atoms with E-state index < -0.39 is 0 Å². The predicted octanol–water partition coefficient (Wildman–Crippen LogP) is 2.53. The van der Waals surface area contributed by atoms with Crippen molar-refractivity contribution in [3.63, 3.8) is 0 Å². The van der Waals surface area contributed by atoms with E-state index in [0.29, 0.717) is 11.6 Å². The number of rotatable bonds is 4. The van der Waals surface area contributed by atoms with E-state index in [-0.39, 0.29) is 5.91 Å². The Labute approximate surface area is 152 Å². The Morgan fingerprint density at radius 2 is 1.96 bits per heavy atom. The van der Waals surface area contributed by atoms with Crippen molar-refractivity contribution in [2.45, 2.75) is 6.54 Å². The molecule has 1 aromatic carbocycles. The fourth-order valence-corrected chi connectivity index (χ4v) is 3.39. The van der Waals surface area contributed by atoms with Crippen molar-refractivity contribution in [1.29, 1.82) is 0 Å². The maximum absolute atomic E-state index is 12.8. The first kappa shape index (κ1) is 16.6. The van der Waals surface area contributed by atoms with Gasteiger partial charge in [0, 0.05) is 55.9 Å². The van der Waals surface area contributed by atoms with E-state index in [1.165, 1.54) is 5.56 Å². The lowest BCUT2D eigenvalue weighted by Gasteiger charge is -2.34. The summed E-state index contributed by atoms with van der Waals surface area (Å²) in [6.07, 6.45) is 1.77. The van der Waals surface area contributed by atoms with Gasteiger partial charge >= 0.3 is 0 Å². The quantitative estimate of drug-likeness (QED) is 0.785. The number of carbonyl (C=O) groups is 1. The van der Waals surface area contributed by atoms with Gasteiger partial charge in [-0.05, 0) is 23.8 Å². The maximum Gasteiger partial charge on any atom is 0.270 e. The van der Waals surface area contributed by atoms with Gasteiger partial charge in [0.15, 0.2) is 0 Å². The second-order valence-electron chi connectivity index (χ2n) is 6.55. The number of hydrogen-bond acceptors (Lipinski definition) is 4. The van der Waals surface area contributed by atoms with Crippen molar-refractivity contribution in [1.82, 2.24) is 19.8 Å². The first-order valence-electron chi connectivity index (χ1n) is 8.81. The second-order valence-corrected chi connectivity index (χ2v) is 6.55. The summed E-state index contributed by atoms with van der Waals surface area (Å²) in [7, 11) is 1.63. The minimum absolute atomic E-state index is 0.0754. The standard InChI is InChI=1S/C20H22N4O2/c1-26-19-12-15(6-7-21-19)14-23-8-10-24(11-9-23)20(25)18-13-16-4-2-3-5-17(16)22-18/h2-7,12-13,22H,8-11,14H2,1H3. The lowest BCUT2D eigenvalue weighted by Crippen LogP contribution is -2.48. The monoisotopic (exact) mass is 350 g/mol. The van der Waals surface area contributed by atoms with Crippen molar-refractivity contribution < 1.29 is 9.53 Å². The van der Waals surface area contributed by atoms with Gasteiger partial charge in [0.05, 0.1) is 7.11 Å². The van der Waals surface area contributed by atoms with Gasteiger partial charge < -0.3 is 14.6 Å². The average Bonchev–Trinajstić information content (AvgIpc) is 3.12. The highest BCUT2D eigenvalue weighted by Crippen LogP contribution is 2.18. The minimum Gasteiger partial charge on any atom is -0.481 e. The molecule has 26 heavy (non-hydrogen) atoms. The van der Waals surface area contributed by atoms with Crippen LogP contribution in [0.5, 0.6) is 5.88 Å². The molecule has 134 valence electrons. The number of para-hydroxylation sites is 1. The van der Waals surface area contributed by atoms with Gasteiger partial charge in [0.2, 0.25) is 5.88 Å². The molecular formula is C20H22N4O2. The zero-order valence-electron chi connectivity index (χ0n) is 14.8. The Bertz CT molecular complexity index is 880. The SMILES string of the molecule is COc1cc(CN2CCN(C(=O)c3cc4ccccc4[nH]3)CC2)ccn1. The highest BCUT2D eigenvalue weighted by molar-refractivity contribution is 5.98. The topological polar surface area (TPSA) is 61.5 Å². The van der Waals surface area contributed by atoms with Crippen LogP contribution in [0.25, 0.3) is 10.9 Å². The van der Waals surface area contributed by atoms with Crippen LogP contribution in [0.15, 0.2) is 48.7 Å². The second kappa shape index (κ2) is 7.17. The number of H-pyrrole nitrogens is 1. The smallest absolute Gasteiger partial charge is 0.270 e. The van der Waals surface area contributed by atoms with Crippen LogP contribution in [-0.2, 0) is 6.54 Å². The third kappa shape index (κ3) is 3.41. The van der Waals surface area contributed by atoms with Crippen LogP contribution < -0.4 is 4.74 Å². The number of carbonyl (C=O) groups excluding carboxylic acids is 1. The molecular weight excluding hydrogens is 328 g/mol. The van der Waals surface area contributed by atoms with Gasteiger partial charge in [0.1, 0.15) is 5.69 Å². The molecule has 4 rings (SSSR count).